The molecule has 0 bridgehead atoms. The van der Waals surface area contributed by atoms with E-state index in [-0.39, 0.29) is 11.9 Å². The number of nitrogens with one attached hydrogen (secondary N) is 1. The molecule has 0 heterocycles. The summed E-state index contributed by atoms with van der Waals surface area (Å²) in [6.07, 6.45) is 5.70. The highest BCUT2D eigenvalue weighted by molar-refractivity contribution is 5.34. The maximum Gasteiger partial charge on any atom is 0.128 e. The van der Waals surface area contributed by atoms with Crippen LogP contribution in [0.15, 0.2) is 12.1 Å². The van der Waals surface area contributed by atoms with Crippen LogP contribution in [0.4, 0.5) is 4.39 Å². The second-order valence-electron chi connectivity index (χ2n) is 6.25. The molecule has 0 radical (unpaired) electrons. The SMILES string of the molecule is CCCNC(c1c(C)cc(C)cc1F)C(CCC)CCC. The number of aryl methyl sites for hydroxylation is 2. The predicted octanol–water partition coefficient (Wildman–Crippen LogP) is 5.70. The Bertz CT molecular complexity index is 399. The van der Waals surface area contributed by atoms with Crippen LogP contribution in [0.1, 0.15) is 75.6 Å². The largest absolute Gasteiger partial charge is 0.310 e. The maximum absolute atomic E-state index is 14.6. The van der Waals surface area contributed by atoms with Crippen LogP contribution in [-0.2, 0) is 0 Å². The van der Waals surface area contributed by atoms with E-state index in [1.807, 2.05) is 13.8 Å². The van der Waals surface area contributed by atoms with E-state index in [0.717, 1.165) is 55.3 Å². The minimum Gasteiger partial charge on any atom is -0.310 e. The molecule has 0 spiro atoms. The third-order valence-electron chi connectivity index (χ3n) is 4.20. The van der Waals surface area contributed by atoms with Crippen LogP contribution in [0, 0.1) is 25.6 Å². The van der Waals surface area contributed by atoms with E-state index in [2.05, 4.69) is 32.2 Å². The predicted molar refractivity (Wildman–Crippen MR) is 90.2 cm³/mol. The summed E-state index contributed by atoms with van der Waals surface area (Å²) >= 11 is 0. The molecule has 0 aromatic heterocycles. The zero-order chi connectivity index (χ0) is 15.8. The van der Waals surface area contributed by atoms with E-state index in [1.54, 1.807) is 6.07 Å². The lowest BCUT2D eigenvalue weighted by Crippen LogP contribution is -2.30. The van der Waals surface area contributed by atoms with E-state index < -0.39 is 0 Å². The number of benzene rings is 1. The summed E-state index contributed by atoms with van der Waals surface area (Å²) < 4.78 is 14.6. The maximum atomic E-state index is 14.6. The summed E-state index contributed by atoms with van der Waals surface area (Å²) in [5, 5.41) is 3.62. The van der Waals surface area contributed by atoms with Crippen molar-refractivity contribution in [1.29, 1.82) is 0 Å². The van der Waals surface area contributed by atoms with Gasteiger partial charge in [0.1, 0.15) is 5.82 Å². The van der Waals surface area contributed by atoms with Gasteiger partial charge in [0.05, 0.1) is 0 Å². The Hall–Kier alpha value is -0.890. The average Bonchev–Trinajstić information content (AvgIpc) is 2.41. The van der Waals surface area contributed by atoms with Gasteiger partial charge in [-0.2, -0.15) is 0 Å². The van der Waals surface area contributed by atoms with Gasteiger partial charge in [-0.25, -0.2) is 4.39 Å². The first-order valence-corrected chi connectivity index (χ1v) is 8.55. The van der Waals surface area contributed by atoms with Crippen LogP contribution in [0.2, 0.25) is 0 Å². The average molecular weight is 293 g/mol. The van der Waals surface area contributed by atoms with E-state index in [1.165, 1.54) is 0 Å². The Morgan fingerprint density at radius 3 is 2.10 bits per heavy atom. The molecule has 21 heavy (non-hydrogen) atoms. The summed E-state index contributed by atoms with van der Waals surface area (Å²) in [5.74, 6) is 0.473. The number of hydrogen-bond acceptors (Lipinski definition) is 1. The van der Waals surface area contributed by atoms with Crippen LogP contribution in [-0.4, -0.2) is 6.54 Å². The van der Waals surface area contributed by atoms with Crippen molar-refractivity contribution in [2.24, 2.45) is 5.92 Å². The van der Waals surface area contributed by atoms with Crippen molar-refractivity contribution in [3.63, 3.8) is 0 Å². The smallest absolute Gasteiger partial charge is 0.128 e. The minimum atomic E-state index is -0.0432. The molecule has 0 aliphatic carbocycles. The highest BCUT2D eigenvalue weighted by atomic mass is 19.1. The Morgan fingerprint density at radius 2 is 1.62 bits per heavy atom. The molecular weight excluding hydrogens is 261 g/mol. The fraction of sp³-hybridized carbons (Fsp3) is 0.684. The van der Waals surface area contributed by atoms with Gasteiger partial charge in [0.2, 0.25) is 0 Å². The zero-order valence-electron chi connectivity index (χ0n) is 14.4. The van der Waals surface area contributed by atoms with Gasteiger partial charge < -0.3 is 5.32 Å². The van der Waals surface area contributed by atoms with Crippen LogP contribution in [0.3, 0.4) is 0 Å². The lowest BCUT2D eigenvalue weighted by atomic mass is 9.83. The molecule has 0 amide bonds. The van der Waals surface area contributed by atoms with Gasteiger partial charge in [-0.05, 0) is 62.8 Å². The van der Waals surface area contributed by atoms with Crippen LogP contribution in [0.5, 0.6) is 0 Å². The molecule has 0 saturated heterocycles. The summed E-state index contributed by atoms with van der Waals surface area (Å²) in [7, 11) is 0. The fourth-order valence-corrected chi connectivity index (χ4v) is 3.34. The van der Waals surface area contributed by atoms with Gasteiger partial charge >= 0.3 is 0 Å². The molecule has 2 heteroatoms. The fourth-order valence-electron chi connectivity index (χ4n) is 3.34. The minimum absolute atomic E-state index is 0.0432. The van der Waals surface area contributed by atoms with E-state index in [4.69, 9.17) is 0 Å². The molecule has 1 unspecified atom stereocenters. The van der Waals surface area contributed by atoms with Gasteiger partial charge in [0.25, 0.3) is 0 Å². The first-order chi connectivity index (χ1) is 10.0. The number of rotatable bonds is 9. The number of halogens is 1. The Labute approximate surface area is 130 Å². The van der Waals surface area contributed by atoms with Crippen molar-refractivity contribution < 1.29 is 4.39 Å². The summed E-state index contributed by atoms with van der Waals surface area (Å²) in [6, 6.07) is 3.93. The highest BCUT2D eigenvalue weighted by Crippen LogP contribution is 2.33. The molecule has 1 aromatic rings. The normalized spacial score (nSPS) is 12.9. The number of hydrogen-bond donors (Lipinski definition) is 1. The molecule has 1 nitrogen and oxygen atoms in total. The van der Waals surface area contributed by atoms with Gasteiger partial charge in [0.15, 0.2) is 0 Å². The second kappa shape index (κ2) is 9.19. The molecule has 1 atom stereocenters. The van der Waals surface area contributed by atoms with Crippen LogP contribution in [0.25, 0.3) is 0 Å². The van der Waals surface area contributed by atoms with Crippen LogP contribution >= 0.6 is 0 Å². The Morgan fingerprint density at radius 1 is 1.00 bits per heavy atom. The first-order valence-electron chi connectivity index (χ1n) is 8.55. The van der Waals surface area contributed by atoms with Crippen molar-refractivity contribution in [2.75, 3.05) is 6.54 Å². The first kappa shape index (κ1) is 18.2. The monoisotopic (exact) mass is 293 g/mol. The lowest BCUT2D eigenvalue weighted by molar-refractivity contribution is 0.308. The Kier molecular flexibility index (Phi) is 7.95. The summed E-state index contributed by atoms with van der Waals surface area (Å²) in [6.45, 7) is 11.6. The van der Waals surface area contributed by atoms with Gasteiger partial charge in [-0.1, -0.05) is 39.7 Å². The quantitative estimate of drug-likeness (QED) is 0.616. The molecule has 1 N–H and O–H groups in total. The van der Waals surface area contributed by atoms with Gasteiger partial charge in [-0.15, -0.1) is 0 Å². The van der Waals surface area contributed by atoms with Crippen molar-refractivity contribution >= 4 is 0 Å². The van der Waals surface area contributed by atoms with Crippen molar-refractivity contribution in [3.05, 3.63) is 34.6 Å². The third kappa shape index (κ3) is 5.10. The molecule has 0 fully saturated rings. The molecule has 1 aromatic carbocycles. The molecule has 0 aliphatic rings. The molecule has 120 valence electrons. The van der Waals surface area contributed by atoms with Crippen molar-refractivity contribution in [3.8, 4) is 0 Å². The van der Waals surface area contributed by atoms with E-state index in [9.17, 15) is 4.39 Å². The molecular formula is C19H32FN. The van der Waals surface area contributed by atoms with E-state index >= 15 is 0 Å². The summed E-state index contributed by atoms with van der Waals surface area (Å²) in [5.41, 5.74) is 2.98. The summed E-state index contributed by atoms with van der Waals surface area (Å²) in [4.78, 5) is 0. The topological polar surface area (TPSA) is 12.0 Å². The molecule has 0 aliphatic heterocycles. The standard InChI is InChI=1S/C19H32FN/c1-6-9-16(10-7-2)19(21-11-8-3)18-15(5)12-14(4)13-17(18)20/h12-13,16,19,21H,6-11H2,1-5H3. The van der Waals surface area contributed by atoms with Crippen molar-refractivity contribution in [2.45, 2.75) is 72.8 Å². The third-order valence-corrected chi connectivity index (χ3v) is 4.20. The van der Waals surface area contributed by atoms with Gasteiger partial charge in [-0.3, -0.25) is 0 Å². The van der Waals surface area contributed by atoms with Crippen LogP contribution < -0.4 is 5.32 Å². The highest BCUT2D eigenvalue weighted by Gasteiger charge is 2.25. The van der Waals surface area contributed by atoms with E-state index in [0.29, 0.717) is 5.92 Å². The zero-order valence-corrected chi connectivity index (χ0v) is 14.4. The molecule has 0 saturated carbocycles. The Balaban J connectivity index is 3.16. The lowest BCUT2D eigenvalue weighted by Gasteiger charge is -2.30. The molecule has 1 rings (SSSR count). The van der Waals surface area contributed by atoms with Crippen molar-refractivity contribution in [1.82, 2.24) is 5.32 Å². The second-order valence-corrected chi connectivity index (χ2v) is 6.25. The van der Waals surface area contributed by atoms with Gasteiger partial charge in [0, 0.05) is 11.6 Å².